The van der Waals surface area contributed by atoms with E-state index < -0.39 is 0 Å². The molecule has 17 rings (SSSR count). The lowest BCUT2D eigenvalue weighted by molar-refractivity contribution is -0.0539. The molecule has 17 aliphatic rings. The molecule has 10 fully saturated rings. The Labute approximate surface area is 824 Å². The Morgan fingerprint density at radius 1 is 0.450 bits per heavy atom. The summed E-state index contributed by atoms with van der Waals surface area (Å²) in [5, 5.41) is 0. The molecular weight excluding hydrogens is 1570 g/mol. The van der Waals surface area contributed by atoms with Crippen LogP contribution in [0.15, 0.2) is 120 Å². The Morgan fingerprint density at radius 3 is 1.32 bits per heavy atom. The van der Waals surface area contributed by atoms with Gasteiger partial charge < -0.3 is 0 Å². The lowest BCUT2D eigenvalue weighted by Crippen LogP contribution is -2.52. The van der Waals surface area contributed by atoms with Gasteiger partial charge in [0.2, 0.25) is 0 Å². The third-order valence-corrected chi connectivity index (χ3v) is 42.4. The summed E-state index contributed by atoms with van der Waals surface area (Å²) in [6, 6.07) is 0. The van der Waals surface area contributed by atoms with Gasteiger partial charge in [0.25, 0.3) is 0 Å². The molecule has 131 heavy (non-hydrogen) atoms. The molecule has 0 heteroatoms. The van der Waals surface area contributed by atoms with Gasteiger partial charge in [-0.2, -0.15) is 0 Å². The van der Waals surface area contributed by atoms with Gasteiger partial charge in [0, 0.05) is 0 Å². The van der Waals surface area contributed by atoms with E-state index in [0.717, 1.165) is 184 Å². The van der Waals surface area contributed by atoms with Gasteiger partial charge in [-0.05, 0) is 434 Å². The first-order valence-electron chi connectivity index (χ1n) is 56.8. The van der Waals surface area contributed by atoms with Crippen molar-refractivity contribution in [2.75, 3.05) is 0 Å². The van der Waals surface area contributed by atoms with Crippen LogP contribution in [0.25, 0.3) is 0 Å². The van der Waals surface area contributed by atoms with E-state index in [0.29, 0.717) is 48.7 Å². The fourth-order valence-electron chi connectivity index (χ4n) is 29.6. The molecule has 0 aromatic rings. The Kier molecular flexibility index (Phi) is 45.1. The SMILES string of the molecule is C=C(C)C1CC=C(C)C(C(C)C)C1.C=C(C)C1CC=C(CC(C)C)CC1.C=C1C(C(C)C)C[C@H]2C[C@@H]1C2(C)C.C=CC(=C)CCCC(C)(C)C(C)C.CC(C)CC1=CCC2CC1C2(C)C.CC(C)[C@@H]1C[C@@H]2CC[C@@]1(C)C2(C)C.CC(C)[C@H]1C[C@@H]2CC[C@@]1(C)C2(C)C.CC1=CC(CC(C)C)C2CC1C2(C)C.CC1=CCC(C(C)(C)C(C)C)CC1.CC1CCC(C(C)C)C(C(C)C)C1. The molecule has 0 radical (unpaired) electrons. The maximum absolute atomic E-state index is 4.33. The van der Waals surface area contributed by atoms with Crippen molar-refractivity contribution in [2.24, 2.45) is 226 Å². The predicted molar refractivity (Wildman–Crippen MR) is 593 cm³/mol. The van der Waals surface area contributed by atoms with E-state index in [1.165, 1.54) is 190 Å². The van der Waals surface area contributed by atoms with Crippen molar-refractivity contribution >= 4 is 0 Å². The molecule has 0 amide bonds. The summed E-state index contributed by atoms with van der Waals surface area (Å²) in [5.41, 5.74) is 19.0. The van der Waals surface area contributed by atoms with Crippen molar-refractivity contribution in [3.05, 3.63) is 120 Å². The van der Waals surface area contributed by atoms with E-state index in [9.17, 15) is 0 Å². The molecule has 0 aromatic heterocycles. The zero-order valence-corrected chi connectivity index (χ0v) is 97.1. The zero-order valence-electron chi connectivity index (χ0n) is 97.1. The first-order chi connectivity index (χ1) is 60.1. The number of hydrogen-bond acceptors (Lipinski definition) is 0. The molecule has 10 saturated carbocycles. The number of hydrogen-bond donors (Lipinski definition) is 0. The van der Waals surface area contributed by atoms with Crippen LogP contribution in [0, 0.1) is 226 Å². The van der Waals surface area contributed by atoms with Gasteiger partial charge in [-0.15, -0.1) is 0 Å². The van der Waals surface area contributed by atoms with Crippen molar-refractivity contribution in [3.63, 3.8) is 0 Å². The smallest absolute Gasteiger partial charge is 0.0146 e. The molecule has 0 aliphatic heterocycles. The minimum absolute atomic E-state index is 0.460. The monoisotopic (exact) mass is 1810 g/mol. The van der Waals surface area contributed by atoms with Gasteiger partial charge >= 0.3 is 0 Å². The fourth-order valence-corrected chi connectivity index (χ4v) is 29.6. The second kappa shape index (κ2) is 49.7. The highest BCUT2D eigenvalue weighted by Crippen LogP contribution is 2.72. The average Bonchev–Trinajstić information content (AvgIpc) is 1.65. The molecule has 13 unspecified atom stereocenters. The fraction of sp³-hybridized carbons (Fsp3) is 0.847. The van der Waals surface area contributed by atoms with Crippen LogP contribution in [0.5, 0.6) is 0 Å². The predicted octanol–water partition coefficient (Wildman–Crippen LogP) is 42.3. The Balaban J connectivity index is 0.000000258. The second-order valence-electron chi connectivity index (χ2n) is 56.9. The molecule has 758 valence electrons. The summed E-state index contributed by atoms with van der Waals surface area (Å²) in [6.45, 7) is 125. The van der Waals surface area contributed by atoms with E-state index in [-0.39, 0.29) is 0 Å². The van der Waals surface area contributed by atoms with Crippen LogP contribution in [0.4, 0.5) is 0 Å². The summed E-state index contributed by atoms with van der Waals surface area (Å²) >= 11 is 0. The number of allylic oxidation sites excluding steroid dienone is 15. The van der Waals surface area contributed by atoms with E-state index in [2.05, 4.69) is 368 Å². The topological polar surface area (TPSA) is 0 Å². The summed E-state index contributed by atoms with van der Waals surface area (Å²) in [6.07, 6.45) is 52.8. The minimum Gasteiger partial charge on any atom is -0.0998 e. The highest BCUT2D eigenvalue weighted by Gasteiger charge is 2.63. The van der Waals surface area contributed by atoms with Crippen LogP contribution in [-0.2, 0) is 0 Å². The highest BCUT2D eigenvalue weighted by atomic mass is 14.7. The van der Waals surface area contributed by atoms with Crippen molar-refractivity contribution in [1.29, 1.82) is 0 Å². The van der Waals surface area contributed by atoms with E-state index >= 15 is 0 Å². The molecule has 10 bridgehead atoms. The number of fused-ring (bicyclic) bond motifs is 8. The van der Waals surface area contributed by atoms with Crippen LogP contribution in [0.2, 0.25) is 0 Å². The van der Waals surface area contributed by atoms with Crippen LogP contribution < -0.4 is 0 Å². The van der Waals surface area contributed by atoms with E-state index in [1.54, 1.807) is 33.4 Å². The first kappa shape index (κ1) is 119. The van der Waals surface area contributed by atoms with Crippen LogP contribution in [0.1, 0.15) is 484 Å². The van der Waals surface area contributed by atoms with Gasteiger partial charge in [0.15, 0.2) is 0 Å². The Morgan fingerprint density at radius 2 is 0.962 bits per heavy atom. The standard InChI is InChI=1S/C14H24.C13H22.2C13H24.C13H22.C13H24.C13H22.C13H26.C13H22.C13H24/c1-9(2)6-11-7-10(3)12-8-13(11)14(12,4)5;1-8(2)11-6-10-7-12(9(11)3)13(10,4)5;2*1-9(2)11-8-10-6-7-13(11,5)12(10,3)4;1-9(2)7-10-5-6-11-8-12(10)13(11,3)4;1-10(2)13(4,5)12-8-6-11(3)7-9-12;1-9(2)12-7-6-11(5)13(8-12)10(3)4;1-9(2)12-7-6-11(5)8-13(12)10(3)4;1-10(2)9-12-5-7-13(8-6-12)11(3)4;1-7-12(4)9-8-10-13(5,6)11(2)3/h7,9,11-13H,6,8H2,1-5H3;8,10-12H,3,6-7H2,1-2,4-5H3;2*9-11H,6-8H2,1-5H3;5,9,11-12H,6-8H2,1-4H3;6,10,12H,7-9H2,1-5H3;6,10,12-13H,1,7-8H2,2-5H3;9-13H,6-8H2,1-5H3;5,10,13H,3,6-9H2,1-2,4H3;7,11H,1,4,8-10H2,2-3,5-6H3/t;10-,11?,12-;10-,11+,13+;10-,11-,13+;;;;;;/m.000....../s1. The largest absolute Gasteiger partial charge is 0.0998 e. The normalized spacial score (nSPS) is 33.7. The molecule has 17 aliphatic carbocycles. The molecule has 0 aromatic carbocycles. The molecule has 0 spiro atoms. The van der Waals surface area contributed by atoms with Crippen LogP contribution in [-0.4, -0.2) is 0 Å². The lowest BCUT2D eigenvalue weighted by Gasteiger charge is -2.60. The van der Waals surface area contributed by atoms with Crippen molar-refractivity contribution in [2.45, 2.75) is 484 Å². The molecule has 0 N–H and O–H groups in total. The van der Waals surface area contributed by atoms with Gasteiger partial charge in [-0.1, -0.05) is 396 Å². The summed E-state index contributed by atoms with van der Waals surface area (Å²) in [5.74, 6) is 26.6. The van der Waals surface area contributed by atoms with E-state index in [1.807, 2.05) is 6.08 Å². The number of rotatable bonds is 22. The second-order valence-corrected chi connectivity index (χ2v) is 56.9. The average molecular weight is 1810 g/mol. The molecule has 0 saturated heterocycles. The maximum atomic E-state index is 4.33. The van der Waals surface area contributed by atoms with Crippen molar-refractivity contribution in [3.8, 4) is 0 Å². The third-order valence-electron chi connectivity index (χ3n) is 42.4. The Bertz CT molecular complexity index is 3620. The van der Waals surface area contributed by atoms with Crippen molar-refractivity contribution in [1.82, 2.24) is 0 Å². The lowest BCUT2D eigenvalue weighted by atomic mass is 9.44. The molecule has 21 atom stereocenters. The zero-order chi connectivity index (χ0) is 100. The summed E-state index contributed by atoms with van der Waals surface area (Å²) in [7, 11) is 0. The summed E-state index contributed by atoms with van der Waals surface area (Å²) in [4.78, 5) is 0. The molecule has 0 heterocycles. The van der Waals surface area contributed by atoms with Crippen LogP contribution in [0.3, 0.4) is 0 Å². The first-order valence-corrected chi connectivity index (χ1v) is 56.8. The third kappa shape index (κ3) is 30.2. The van der Waals surface area contributed by atoms with Gasteiger partial charge in [0.1, 0.15) is 0 Å². The highest BCUT2D eigenvalue weighted by molar-refractivity contribution is 5.27. The maximum Gasteiger partial charge on any atom is -0.0146 e. The van der Waals surface area contributed by atoms with Crippen molar-refractivity contribution < 1.29 is 0 Å². The quantitative estimate of drug-likeness (QED) is 0.0749. The van der Waals surface area contributed by atoms with Gasteiger partial charge in [0.05, 0.1) is 0 Å². The van der Waals surface area contributed by atoms with Gasteiger partial charge in [-0.3, -0.25) is 0 Å². The Hall–Kier alpha value is -2.60. The van der Waals surface area contributed by atoms with Crippen LogP contribution >= 0.6 is 0 Å². The van der Waals surface area contributed by atoms with Gasteiger partial charge in [-0.25, -0.2) is 0 Å². The minimum atomic E-state index is 0.460. The molecular formula is C131H234. The molecule has 0 nitrogen and oxygen atoms in total. The summed E-state index contributed by atoms with van der Waals surface area (Å²) < 4.78 is 0. The van der Waals surface area contributed by atoms with E-state index in [4.69, 9.17) is 0 Å².